The highest BCUT2D eigenvalue weighted by Gasteiger charge is 2.35. The Kier molecular flexibility index (Phi) is 7.99. The van der Waals surface area contributed by atoms with Gasteiger partial charge in [0.15, 0.2) is 5.11 Å². The molecule has 43 heavy (non-hydrogen) atoms. The summed E-state index contributed by atoms with van der Waals surface area (Å²) < 4.78 is 15.2. The van der Waals surface area contributed by atoms with Crippen LogP contribution in [0.25, 0.3) is 0 Å². The maximum Gasteiger partial charge on any atom is 0.251 e. The van der Waals surface area contributed by atoms with Crippen LogP contribution < -0.4 is 26.4 Å². The topological polar surface area (TPSA) is 78.4 Å². The summed E-state index contributed by atoms with van der Waals surface area (Å²) in [6.07, 6.45) is 1.04. The molecule has 7 nitrogen and oxygen atoms in total. The quantitative estimate of drug-likeness (QED) is 0.239. The van der Waals surface area contributed by atoms with Crippen LogP contribution in [0.1, 0.15) is 45.1 Å². The average molecular weight is 596 g/mol. The Balaban J connectivity index is 1.27. The maximum atomic E-state index is 13.3. The lowest BCUT2D eigenvalue weighted by Crippen LogP contribution is -2.47. The first-order chi connectivity index (χ1) is 20.7. The molecule has 2 aliphatic heterocycles. The van der Waals surface area contributed by atoms with Gasteiger partial charge in [0, 0.05) is 55.1 Å². The molecule has 1 amide bonds. The van der Waals surface area contributed by atoms with Crippen LogP contribution in [0.2, 0.25) is 0 Å². The number of rotatable bonds is 6. The van der Waals surface area contributed by atoms with E-state index in [0.29, 0.717) is 23.1 Å². The molecule has 2 atom stereocenters. The summed E-state index contributed by atoms with van der Waals surface area (Å²) in [5.41, 5.74) is 7.24. The van der Waals surface area contributed by atoms with E-state index < -0.39 is 0 Å². The number of nitrogens with zero attached hydrogens (tertiary/aromatic N) is 2. The number of aromatic nitrogens is 1. The van der Waals surface area contributed by atoms with E-state index in [1.807, 2.05) is 54.8 Å². The van der Waals surface area contributed by atoms with Crippen molar-refractivity contribution in [3.05, 3.63) is 123 Å². The number of hydrogen-bond acceptors (Lipinski definition) is 4. The van der Waals surface area contributed by atoms with Crippen molar-refractivity contribution in [3.63, 3.8) is 0 Å². The minimum atomic E-state index is -0.316. The van der Waals surface area contributed by atoms with Crippen molar-refractivity contribution >= 4 is 40.3 Å². The van der Waals surface area contributed by atoms with Crippen molar-refractivity contribution in [1.82, 2.24) is 9.88 Å². The lowest BCUT2D eigenvalue weighted by molar-refractivity contribution is 0.0951. The van der Waals surface area contributed by atoms with Crippen LogP contribution in [-0.4, -0.2) is 28.7 Å². The Hall–Kier alpha value is -4.50. The maximum absolute atomic E-state index is 13.3. The summed E-state index contributed by atoms with van der Waals surface area (Å²) in [4.78, 5) is 28.1. The van der Waals surface area contributed by atoms with E-state index in [0.717, 1.165) is 59.0 Å². The molecule has 9 heteroatoms. The summed E-state index contributed by atoms with van der Waals surface area (Å²) in [5.74, 6) is 0.00613. The monoisotopic (exact) mass is 595 g/mol. The van der Waals surface area contributed by atoms with Crippen LogP contribution >= 0.6 is 12.2 Å². The van der Waals surface area contributed by atoms with E-state index in [2.05, 4.69) is 33.0 Å². The Morgan fingerprint density at radius 1 is 0.930 bits per heavy atom. The summed E-state index contributed by atoms with van der Waals surface area (Å²) in [6.45, 7) is 6.60. The molecule has 0 saturated carbocycles. The zero-order valence-corrected chi connectivity index (χ0v) is 25.0. The van der Waals surface area contributed by atoms with Gasteiger partial charge in [-0.3, -0.25) is 9.59 Å². The summed E-state index contributed by atoms with van der Waals surface area (Å²) >= 11 is 5.74. The molecule has 3 heterocycles. The van der Waals surface area contributed by atoms with Crippen molar-refractivity contribution in [2.45, 2.75) is 39.3 Å². The molecule has 4 aromatic rings. The number of piperidine rings is 1. The number of amides is 1. The second-order valence-electron chi connectivity index (χ2n) is 11.6. The number of pyridine rings is 1. The van der Waals surface area contributed by atoms with Crippen molar-refractivity contribution in [2.75, 3.05) is 28.6 Å². The summed E-state index contributed by atoms with van der Waals surface area (Å²) in [7, 11) is 0. The molecule has 0 aliphatic carbocycles. The molecule has 6 rings (SSSR count). The lowest BCUT2D eigenvalue weighted by atomic mass is 9.83. The number of aryl methyl sites for hydroxylation is 2. The van der Waals surface area contributed by atoms with Crippen molar-refractivity contribution in [2.24, 2.45) is 5.92 Å². The predicted molar refractivity (Wildman–Crippen MR) is 174 cm³/mol. The molecule has 220 valence electrons. The smallest absolute Gasteiger partial charge is 0.251 e. The highest BCUT2D eigenvalue weighted by atomic mass is 32.1. The number of hydrogen-bond donors (Lipinski definition) is 3. The summed E-state index contributed by atoms with van der Waals surface area (Å²) in [5, 5.41) is 10.0. The molecule has 2 bridgehead atoms. The van der Waals surface area contributed by atoms with Gasteiger partial charge in [0.1, 0.15) is 5.82 Å². The van der Waals surface area contributed by atoms with Gasteiger partial charge in [0.25, 0.3) is 11.5 Å². The van der Waals surface area contributed by atoms with E-state index in [1.54, 1.807) is 18.2 Å². The molecule has 1 aromatic heterocycles. The fraction of sp³-hybridized carbons (Fsp3) is 0.265. The van der Waals surface area contributed by atoms with Crippen LogP contribution in [0.5, 0.6) is 0 Å². The number of halogens is 1. The third kappa shape index (κ3) is 6.46. The number of benzene rings is 3. The number of carbonyl (C=O) groups is 1. The van der Waals surface area contributed by atoms with Gasteiger partial charge in [-0.1, -0.05) is 24.3 Å². The Labute approximate surface area is 255 Å². The van der Waals surface area contributed by atoms with Crippen LogP contribution in [0.3, 0.4) is 0 Å². The Morgan fingerprint density at radius 3 is 2.47 bits per heavy atom. The molecule has 1 saturated heterocycles. The van der Waals surface area contributed by atoms with Crippen molar-refractivity contribution in [1.29, 1.82) is 0 Å². The van der Waals surface area contributed by atoms with E-state index in [-0.39, 0.29) is 29.7 Å². The van der Waals surface area contributed by atoms with Gasteiger partial charge in [-0.05, 0) is 104 Å². The molecule has 0 radical (unpaired) electrons. The SMILES string of the molecule is Cc1cc(C)cc(NC(=S)Nc2cc(C(=O)NCc3ccc(F)cc3)ccc2N2CC3CC(C2)c2cccc(=O)n2C3)c1. The number of thiocarbonyl (C=S) groups is 1. The molecular weight excluding hydrogens is 561 g/mol. The van der Waals surface area contributed by atoms with Gasteiger partial charge < -0.3 is 25.4 Å². The van der Waals surface area contributed by atoms with E-state index in [9.17, 15) is 14.0 Å². The standard InChI is InChI=1S/C34H34FN5O2S/c1-21-12-22(2)14-28(13-21)37-34(43)38-29-16-25(33(42)36-17-23-6-9-27(35)10-7-23)8-11-31(29)39-18-24-15-26(20-39)30-4-3-5-32(41)40(30)19-24/h3-14,16,24,26H,15,17-20H2,1-2H3,(H,36,42)(H2,37,38,43). The minimum absolute atomic E-state index is 0.0572. The zero-order chi connectivity index (χ0) is 30.1. The highest BCUT2D eigenvalue weighted by molar-refractivity contribution is 7.80. The predicted octanol–water partition coefficient (Wildman–Crippen LogP) is 5.97. The third-order valence-electron chi connectivity index (χ3n) is 8.17. The van der Waals surface area contributed by atoms with Crippen LogP contribution in [0.4, 0.5) is 21.5 Å². The van der Waals surface area contributed by atoms with Crippen LogP contribution in [-0.2, 0) is 13.1 Å². The normalized spacial score (nSPS) is 17.1. The molecule has 0 spiro atoms. The fourth-order valence-corrected chi connectivity index (χ4v) is 6.59. The van der Waals surface area contributed by atoms with E-state index >= 15 is 0 Å². The van der Waals surface area contributed by atoms with E-state index in [1.165, 1.54) is 12.1 Å². The van der Waals surface area contributed by atoms with Crippen molar-refractivity contribution < 1.29 is 9.18 Å². The number of fused-ring (bicyclic) bond motifs is 4. The largest absolute Gasteiger partial charge is 0.369 e. The van der Waals surface area contributed by atoms with Gasteiger partial charge in [0.2, 0.25) is 0 Å². The number of carbonyl (C=O) groups excluding carboxylic acids is 1. The fourth-order valence-electron chi connectivity index (χ4n) is 6.36. The van der Waals surface area contributed by atoms with Gasteiger partial charge in [-0.2, -0.15) is 0 Å². The Bertz CT molecular complexity index is 1730. The number of nitrogens with one attached hydrogen (secondary N) is 3. The molecule has 2 unspecified atom stereocenters. The Morgan fingerprint density at radius 2 is 1.70 bits per heavy atom. The van der Waals surface area contributed by atoms with Gasteiger partial charge in [0.05, 0.1) is 11.4 Å². The van der Waals surface area contributed by atoms with Gasteiger partial charge in [-0.15, -0.1) is 0 Å². The first kappa shape index (κ1) is 28.6. The van der Waals surface area contributed by atoms with Crippen molar-refractivity contribution in [3.8, 4) is 0 Å². The van der Waals surface area contributed by atoms with E-state index in [4.69, 9.17) is 12.2 Å². The number of anilines is 3. The van der Waals surface area contributed by atoms with Crippen LogP contribution in [0, 0.1) is 25.6 Å². The first-order valence-corrected chi connectivity index (χ1v) is 14.9. The first-order valence-electron chi connectivity index (χ1n) is 14.5. The molecule has 2 aliphatic rings. The van der Waals surface area contributed by atoms with Gasteiger partial charge in [-0.25, -0.2) is 4.39 Å². The molecular formula is C34H34FN5O2S. The average Bonchev–Trinajstić information content (AvgIpc) is 2.96. The van der Waals surface area contributed by atoms with Gasteiger partial charge >= 0.3 is 0 Å². The minimum Gasteiger partial charge on any atom is -0.369 e. The third-order valence-corrected chi connectivity index (χ3v) is 8.38. The molecule has 3 N–H and O–H groups in total. The molecule has 1 fully saturated rings. The second kappa shape index (κ2) is 12.0. The molecule has 3 aromatic carbocycles. The second-order valence-corrected chi connectivity index (χ2v) is 12.0. The highest BCUT2D eigenvalue weighted by Crippen LogP contribution is 2.39. The van der Waals surface area contributed by atoms with Crippen LogP contribution in [0.15, 0.2) is 83.7 Å². The summed E-state index contributed by atoms with van der Waals surface area (Å²) in [6, 6.07) is 23.4. The zero-order valence-electron chi connectivity index (χ0n) is 24.2. The lowest BCUT2D eigenvalue weighted by Gasteiger charge is -2.44.